The Morgan fingerprint density at radius 2 is 1.95 bits per heavy atom. The van der Waals surface area contributed by atoms with Crippen LogP contribution in [-0.4, -0.2) is 24.4 Å². The molecular weight excluding hydrogens is 302 g/mol. The molecule has 19 heavy (non-hydrogen) atoms. The molecule has 2 nitrogen and oxygen atoms in total. The molecule has 0 aromatic heterocycles. The van der Waals surface area contributed by atoms with Gasteiger partial charge in [0.1, 0.15) is 5.75 Å². The monoisotopic (exact) mass is 316 g/mol. The Hall–Kier alpha value is -1.61. The zero-order chi connectivity index (χ0) is 13.2. The van der Waals surface area contributed by atoms with Crippen LogP contribution in [0, 0.1) is 0 Å². The van der Waals surface area contributed by atoms with Crippen molar-refractivity contribution in [3.63, 3.8) is 0 Å². The molecule has 3 heteroatoms. The molecule has 0 saturated carbocycles. The quantitative estimate of drug-likeness (QED) is 0.768. The van der Waals surface area contributed by atoms with Crippen LogP contribution in [0.2, 0.25) is 0 Å². The largest absolute Gasteiger partial charge is 0.496 e. The lowest BCUT2D eigenvalue weighted by Gasteiger charge is -2.15. The summed E-state index contributed by atoms with van der Waals surface area (Å²) in [6.45, 7) is 0.989. The number of hydrogen-bond donors (Lipinski definition) is 0. The van der Waals surface area contributed by atoms with Crippen molar-refractivity contribution in [3.05, 3.63) is 58.1 Å². The number of ether oxygens (including phenoxy) is 1. The van der Waals surface area contributed by atoms with Crippen LogP contribution in [0.25, 0.3) is 0 Å². The lowest BCUT2D eigenvalue weighted by Crippen LogP contribution is -2.19. The Kier molecular flexibility index (Phi) is 3.38. The van der Waals surface area contributed by atoms with Crippen molar-refractivity contribution in [3.8, 4) is 5.75 Å². The third-order valence-corrected chi connectivity index (χ3v) is 4.12. The van der Waals surface area contributed by atoms with Gasteiger partial charge in [-0.2, -0.15) is 4.58 Å². The lowest BCUT2D eigenvalue weighted by molar-refractivity contribution is -0.437. The number of para-hydroxylation sites is 1. The smallest absolute Gasteiger partial charge is 0.219 e. The lowest BCUT2D eigenvalue weighted by atomic mass is 10.0. The summed E-state index contributed by atoms with van der Waals surface area (Å²) in [5.74, 6) is 0.939. The predicted molar refractivity (Wildman–Crippen MR) is 80.8 cm³/mol. The van der Waals surface area contributed by atoms with Crippen LogP contribution in [0.4, 0.5) is 5.69 Å². The second-order valence-electron chi connectivity index (χ2n) is 4.56. The Morgan fingerprint density at radius 1 is 1.11 bits per heavy atom. The Balaban J connectivity index is 2.11. The molecule has 0 amide bonds. The Labute approximate surface area is 121 Å². The first-order valence-electron chi connectivity index (χ1n) is 6.31. The molecule has 96 valence electrons. The minimum absolute atomic E-state index is 0.939. The van der Waals surface area contributed by atoms with Crippen LogP contribution in [0.1, 0.15) is 11.1 Å². The van der Waals surface area contributed by atoms with E-state index in [1.54, 1.807) is 7.11 Å². The summed E-state index contributed by atoms with van der Waals surface area (Å²) in [5.41, 5.74) is 3.73. The summed E-state index contributed by atoms with van der Waals surface area (Å²) >= 11 is 3.61. The second-order valence-corrected chi connectivity index (χ2v) is 5.41. The van der Waals surface area contributed by atoms with Gasteiger partial charge in [-0.3, -0.25) is 0 Å². The molecule has 0 N–H and O–H groups in total. The highest BCUT2D eigenvalue weighted by Crippen LogP contribution is 2.29. The molecule has 0 saturated heterocycles. The number of fused-ring (bicyclic) bond motifs is 1. The molecule has 1 aliphatic heterocycles. The molecule has 0 spiro atoms. The van der Waals surface area contributed by atoms with Gasteiger partial charge in [-0.1, -0.05) is 24.3 Å². The van der Waals surface area contributed by atoms with E-state index in [9.17, 15) is 0 Å². The molecule has 2 aromatic rings. The second kappa shape index (κ2) is 5.17. The van der Waals surface area contributed by atoms with Crippen molar-refractivity contribution in [1.82, 2.24) is 0 Å². The van der Waals surface area contributed by atoms with Crippen LogP contribution in [0.5, 0.6) is 5.75 Å². The molecule has 0 fully saturated rings. The molecule has 0 atom stereocenters. The maximum atomic E-state index is 5.46. The third kappa shape index (κ3) is 2.30. The first-order valence-corrected chi connectivity index (χ1v) is 7.11. The number of nitrogens with zero attached hydrogens (tertiary/aromatic N) is 1. The minimum atomic E-state index is 0.939. The number of halogens is 1. The summed E-state index contributed by atoms with van der Waals surface area (Å²) in [6, 6.07) is 14.5. The van der Waals surface area contributed by atoms with Gasteiger partial charge in [0.2, 0.25) is 5.69 Å². The van der Waals surface area contributed by atoms with E-state index < -0.39 is 0 Å². The van der Waals surface area contributed by atoms with Gasteiger partial charge in [-0.25, -0.2) is 0 Å². The van der Waals surface area contributed by atoms with Crippen molar-refractivity contribution < 1.29 is 9.31 Å². The standard InChI is InChI=1S/C16H15BrNO/c1-19-16-8-4-5-12-9-10-18(11-13(12)16)15-7-3-2-6-14(15)17/h2-8,11H,9-10H2,1H3/q+1. The fourth-order valence-electron chi connectivity index (χ4n) is 2.47. The molecule has 3 rings (SSSR count). The van der Waals surface area contributed by atoms with Gasteiger partial charge < -0.3 is 4.74 Å². The van der Waals surface area contributed by atoms with Crippen molar-refractivity contribution in [2.75, 3.05) is 13.7 Å². The van der Waals surface area contributed by atoms with Crippen molar-refractivity contribution in [2.24, 2.45) is 0 Å². The van der Waals surface area contributed by atoms with Crippen LogP contribution < -0.4 is 4.74 Å². The van der Waals surface area contributed by atoms with E-state index >= 15 is 0 Å². The van der Waals surface area contributed by atoms with Gasteiger partial charge in [0.25, 0.3) is 0 Å². The van der Waals surface area contributed by atoms with Crippen molar-refractivity contribution in [2.45, 2.75) is 6.42 Å². The maximum absolute atomic E-state index is 5.46. The fourth-order valence-corrected chi connectivity index (χ4v) is 2.98. The van der Waals surface area contributed by atoms with E-state index in [0.29, 0.717) is 0 Å². The van der Waals surface area contributed by atoms with E-state index in [4.69, 9.17) is 4.74 Å². The van der Waals surface area contributed by atoms with Gasteiger partial charge in [-0.05, 0) is 33.6 Å². The highest BCUT2D eigenvalue weighted by atomic mass is 79.9. The summed E-state index contributed by atoms with van der Waals surface area (Å²) < 4.78 is 8.85. The average Bonchev–Trinajstić information content (AvgIpc) is 2.46. The first-order chi connectivity index (χ1) is 9.29. The molecule has 0 unspecified atom stereocenters. The molecular formula is C16H15BrNO+. The molecule has 0 radical (unpaired) electrons. The van der Waals surface area contributed by atoms with Crippen LogP contribution in [-0.2, 0) is 6.42 Å². The van der Waals surface area contributed by atoms with Crippen molar-refractivity contribution in [1.29, 1.82) is 0 Å². The maximum Gasteiger partial charge on any atom is 0.219 e. The summed E-state index contributed by atoms with van der Waals surface area (Å²) in [7, 11) is 1.72. The van der Waals surface area contributed by atoms with Crippen LogP contribution in [0.15, 0.2) is 46.9 Å². The molecule has 1 heterocycles. The van der Waals surface area contributed by atoms with E-state index in [1.807, 2.05) is 12.1 Å². The SMILES string of the molecule is COc1cccc2c1C=[N+](c1ccccc1Br)CC2. The normalized spacial score (nSPS) is 13.7. The molecule has 0 bridgehead atoms. The van der Waals surface area contributed by atoms with Gasteiger partial charge in [-0.15, -0.1) is 0 Å². The van der Waals surface area contributed by atoms with E-state index in [0.717, 1.165) is 23.2 Å². The van der Waals surface area contributed by atoms with E-state index in [-0.39, 0.29) is 0 Å². The van der Waals surface area contributed by atoms with Crippen LogP contribution >= 0.6 is 15.9 Å². The number of methoxy groups -OCH3 is 1. The van der Waals surface area contributed by atoms with Crippen LogP contribution in [0.3, 0.4) is 0 Å². The molecule has 2 aromatic carbocycles. The topological polar surface area (TPSA) is 12.2 Å². The van der Waals surface area contributed by atoms with E-state index in [1.165, 1.54) is 16.8 Å². The highest BCUT2D eigenvalue weighted by Gasteiger charge is 2.22. The van der Waals surface area contributed by atoms with E-state index in [2.05, 4.69) is 57.1 Å². The number of rotatable bonds is 2. The zero-order valence-electron chi connectivity index (χ0n) is 10.8. The van der Waals surface area contributed by atoms with Crippen molar-refractivity contribution >= 4 is 27.8 Å². The van der Waals surface area contributed by atoms with Gasteiger partial charge in [0, 0.05) is 12.5 Å². The number of benzene rings is 2. The van der Waals surface area contributed by atoms with Gasteiger partial charge in [0.15, 0.2) is 12.8 Å². The Bertz CT molecular complexity index is 649. The Morgan fingerprint density at radius 3 is 2.74 bits per heavy atom. The summed E-state index contributed by atoms with van der Waals surface area (Å²) in [5, 5.41) is 0. The average molecular weight is 317 g/mol. The summed E-state index contributed by atoms with van der Waals surface area (Å²) in [4.78, 5) is 0. The molecule has 1 aliphatic rings. The first kappa shape index (κ1) is 12.4. The fraction of sp³-hybridized carbons (Fsp3) is 0.188. The summed E-state index contributed by atoms with van der Waals surface area (Å²) in [6.07, 6.45) is 3.21. The zero-order valence-corrected chi connectivity index (χ0v) is 12.4. The number of hydrogen-bond acceptors (Lipinski definition) is 1. The van der Waals surface area contributed by atoms with Gasteiger partial charge >= 0.3 is 0 Å². The molecule has 0 aliphatic carbocycles. The predicted octanol–water partition coefficient (Wildman–Crippen LogP) is 3.78. The van der Waals surface area contributed by atoms with Gasteiger partial charge in [0.05, 0.1) is 17.1 Å². The highest BCUT2D eigenvalue weighted by molar-refractivity contribution is 9.10. The third-order valence-electron chi connectivity index (χ3n) is 3.45. The minimum Gasteiger partial charge on any atom is -0.496 e.